The molecule has 0 bridgehead atoms. The summed E-state index contributed by atoms with van der Waals surface area (Å²) >= 11 is 0. The Morgan fingerprint density at radius 2 is 2.00 bits per heavy atom. The van der Waals surface area contributed by atoms with Gasteiger partial charge >= 0.3 is 6.36 Å². The zero-order valence-corrected chi connectivity index (χ0v) is 10.6. The van der Waals surface area contributed by atoms with Gasteiger partial charge in [0, 0.05) is 26.1 Å². The van der Waals surface area contributed by atoms with Crippen LogP contribution in [0.25, 0.3) is 0 Å². The second kappa shape index (κ2) is 8.15. The maximum absolute atomic E-state index is 11.8. The quantitative estimate of drug-likeness (QED) is 0.304. The lowest BCUT2D eigenvalue weighted by atomic mass is 10.2. The second-order valence-electron chi connectivity index (χ2n) is 4.33. The number of nitrogens with zero attached hydrogens (tertiary/aromatic N) is 2. The summed E-state index contributed by atoms with van der Waals surface area (Å²) in [6, 6.07) is 0. The first-order valence-corrected chi connectivity index (χ1v) is 5.64. The number of hydrogen-bond acceptors (Lipinski definition) is 4. The Balaban J connectivity index is 4.07. The largest absolute Gasteiger partial charge is 0.522 e. The Morgan fingerprint density at radius 3 is 2.44 bits per heavy atom. The van der Waals surface area contributed by atoms with Gasteiger partial charge in [0.15, 0.2) is 0 Å². The van der Waals surface area contributed by atoms with E-state index in [1.165, 1.54) is 0 Å². The summed E-state index contributed by atoms with van der Waals surface area (Å²) in [6.07, 6.45) is -4.30. The van der Waals surface area contributed by atoms with Crippen molar-refractivity contribution >= 4 is 5.84 Å². The molecule has 0 radical (unpaired) electrons. The first-order valence-electron chi connectivity index (χ1n) is 5.64. The molecule has 0 saturated heterocycles. The van der Waals surface area contributed by atoms with Gasteiger partial charge in [-0.1, -0.05) is 19.0 Å². The van der Waals surface area contributed by atoms with Gasteiger partial charge in [0.1, 0.15) is 5.84 Å². The molecule has 0 aliphatic rings. The van der Waals surface area contributed by atoms with Crippen molar-refractivity contribution in [2.45, 2.75) is 26.6 Å². The minimum Gasteiger partial charge on any atom is -0.409 e. The number of ether oxygens (including phenoxy) is 1. The van der Waals surface area contributed by atoms with Crippen molar-refractivity contribution in [3.05, 3.63) is 0 Å². The number of nitrogens with two attached hydrogens (primary N) is 1. The number of alkyl halides is 3. The van der Waals surface area contributed by atoms with E-state index in [1.54, 1.807) is 4.90 Å². The van der Waals surface area contributed by atoms with Crippen LogP contribution in [0.3, 0.4) is 0 Å². The summed E-state index contributed by atoms with van der Waals surface area (Å²) < 4.78 is 39.2. The number of oxime groups is 1. The van der Waals surface area contributed by atoms with Crippen LogP contribution in [-0.2, 0) is 4.74 Å². The Hall–Kier alpha value is -1.02. The van der Waals surface area contributed by atoms with E-state index in [-0.39, 0.29) is 12.4 Å². The van der Waals surface area contributed by atoms with Gasteiger partial charge in [-0.15, -0.1) is 13.2 Å². The van der Waals surface area contributed by atoms with Crippen LogP contribution in [0, 0.1) is 5.92 Å². The molecule has 0 rings (SSSR count). The molecule has 0 saturated carbocycles. The predicted octanol–water partition coefficient (Wildman–Crippen LogP) is 1.62. The van der Waals surface area contributed by atoms with Crippen LogP contribution in [-0.4, -0.2) is 48.5 Å². The lowest BCUT2D eigenvalue weighted by molar-refractivity contribution is -0.325. The van der Waals surface area contributed by atoms with Crippen LogP contribution in [0.15, 0.2) is 5.16 Å². The summed E-state index contributed by atoms with van der Waals surface area (Å²) in [5.74, 6) is 0.365. The van der Waals surface area contributed by atoms with Gasteiger partial charge in [0.25, 0.3) is 0 Å². The average Bonchev–Trinajstić information content (AvgIpc) is 2.22. The molecule has 8 heteroatoms. The fourth-order valence-corrected chi connectivity index (χ4v) is 1.42. The Bertz CT molecular complexity index is 257. The normalized spacial score (nSPS) is 13.6. The van der Waals surface area contributed by atoms with Gasteiger partial charge in [-0.25, -0.2) is 0 Å². The van der Waals surface area contributed by atoms with Gasteiger partial charge in [-0.3, -0.25) is 4.74 Å². The third kappa shape index (κ3) is 10.2. The van der Waals surface area contributed by atoms with Crippen LogP contribution < -0.4 is 5.73 Å². The summed E-state index contributed by atoms with van der Waals surface area (Å²) in [6.45, 7) is 4.69. The Morgan fingerprint density at radius 1 is 1.39 bits per heavy atom. The van der Waals surface area contributed by atoms with E-state index in [4.69, 9.17) is 10.9 Å². The molecule has 0 aromatic carbocycles. The SMILES string of the molecule is CC(C)CN(CCOC(F)(F)F)CCC(N)=NO. The standard InChI is InChI=1S/C10H20F3N3O2/c1-8(2)7-16(4-3-9(14)15-17)5-6-18-10(11,12)13/h8,17H,3-7H2,1-2H3,(H2,14,15). The zero-order chi connectivity index (χ0) is 14.2. The third-order valence-electron chi connectivity index (χ3n) is 2.11. The van der Waals surface area contributed by atoms with E-state index in [0.717, 1.165) is 0 Å². The number of halogens is 3. The molecule has 18 heavy (non-hydrogen) atoms. The molecule has 0 fully saturated rings. The van der Waals surface area contributed by atoms with Gasteiger partial charge in [0.2, 0.25) is 0 Å². The van der Waals surface area contributed by atoms with E-state index in [0.29, 0.717) is 25.4 Å². The molecule has 0 unspecified atom stereocenters. The number of hydrogen-bond donors (Lipinski definition) is 2. The molecule has 0 atom stereocenters. The first kappa shape index (κ1) is 17.0. The van der Waals surface area contributed by atoms with Crippen LogP contribution in [0.4, 0.5) is 13.2 Å². The smallest absolute Gasteiger partial charge is 0.409 e. The van der Waals surface area contributed by atoms with Crippen LogP contribution in [0.5, 0.6) is 0 Å². The zero-order valence-electron chi connectivity index (χ0n) is 10.6. The lowest BCUT2D eigenvalue weighted by Gasteiger charge is -2.24. The van der Waals surface area contributed by atoms with Crippen molar-refractivity contribution in [2.75, 3.05) is 26.2 Å². The second-order valence-corrected chi connectivity index (χ2v) is 4.33. The molecule has 3 N–H and O–H groups in total. The fraction of sp³-hybridized carbons (Fsp3) is 0.900. The summed E-state index contributed by atoms with van der Waals surface area (Å²) in [4.78, 5) is 1.79. The summed E-state index contributed by atoms with van der Waals surface area (Å²) in [5.41, 5.74) is 5.31. The van der Waals surface area contributed by atoms with Crippen LogP contribution in [0.2, 0.25) is 0 Å². The Labute approximate surface area is 104 Å². The molecule has 0 heterocycles. The highest BCUT2D eigenvalue weighted by Gasteiger charge is 2.28. The molecular formula is C10H20F3N3O2. The van der Waals surface area contributed by atoms with E-state index >= 15 is 0 Å². The van der Waals surface area contributed by atoms with Crippen molar-refractivity contribution in [1.29, 1.82) is 0 Å². The molecule has 5 nitrogen and oxygen atoms in total. The van der Waals surface area contributed by atoms with E-state index in [9.17, 15) is 13.2 Å². The van der Waals surface area contributed by atoms with Crippen LogP contribution >= 0.6 is 0 Å². The van der Waals surface area contributed by atoms with Crippen LogP contribution in [0.1, 0.15) is 20.3 Å². The minimum absolute atomic E-state index is 0.0560. The third-order valence-corrected chi connectivity index (χ3v) is 2.11. The topological polar surface area (TPSA) is 71.1 Å². The Kier molecular flexibility index (Phi) is 7.69. The first-order chi connectivity index (χ1) is 8.24. The van der Waals surface area contributed by atoms with E-state index in [1.807, 2.05) is 13.8 Å². The van der Waals surface area contributed by atoms with Gasteiger partial charge in [0.05, 0.1) is 6.61 Å². The monoisotopic (exact) mass is 271 g/mol. The molecule has 0 aliphatic carbocycles. The highest BCUT2D eigenvalue weighted by Crippen LogP contribution is 2.15. The maximum Gasteiger partial charge on any atom is 0.522 e. The van der Waals surface area contributed by atoms with E-state index in [2.05, 4.69) is 9.89 Å². The van der Waals surface area contributed by atoms with Gasteiger partial charge in [-0.05, 0) is 5.92 Å². The predicted molar refractivity (Wildman–Crippen MR) is 61.3 cm³/mol. The van der Waals surface area contributed by atoms with Crippen molar-refractivity contribution in [1.82, 2.24) is 4.90 Å². The molecule has 0 amide bonds. The van der Waals surface area contributed by atoms with Crippen molar-refractivity contribution in [3.8, 4) is 0 Å². The number of rotatable bonds is 8. The lowest BCUT2D eigenvalue weighted by Crippen LogP contribution is -2.35. The fourth-order valence-electron chi connectivity index (χ4n) is 1.42. The van der Waals surface area contributed by atoms with Crippen molar-refractivity contribution < 1.29 is 23.1 Å². The highest BCUT2D eigenvalue weighted by molar-refractivity contribution is 5.79. The van der Waals surface area contributed by atoms with E-state index < -0.39 is 13.0 Å². The molecule has 0 aromatic rings. The summed E-state index contributed by atoms with van der Waals surface area (Å²) in [5, 5.41) is 11.2. The molecule has 108 valence electrons. The maximum atomic E-state index is 11.8. The average molecular weight is 271 g/mol. The molecule has 0 spiro atoms. The molecule has 0 aliphatic heterocycles. The van der Waals surface area contributed by atoms with Crippen molar-refractivity contribution in [2.24, 2.45) is 16.8 Å². The molecular weight excluding hydrogens is 251 g/mol. The molecule has 0 aromatic heterocycles. The highest BCUT2D eigenvalue weighted by atomic mass is 19.4. The van der Waals surface area contributed by atoms with Crippen molar-refractivity contribution in [3.63, 3.8) is 0 Å². The van der Waals surface area contributed by atoms with Gasteiger partial charge < -0.3 is 15.8 Å². The minimum atomic E-state index is -4.60. The summed E-state index contributed by atoms with van der Waals surface area (Å²) in [7, 11) is 0. The van der Waals surface area contributed by atoms with Gasteiger partial charge in [-0.2, -0.15) is 0 Å². The number of amidine groups is 1.